The van der Waals surface area contributed by atoms with Crippen molar-refractivity contribution in [1.82, 2.24) is 0 Å². The molecule has 0 radical (unpaired) electrons. The summed E-state index contributed by atoms with van der Waals surface area (Å²) in [4.78, 5) is 37.7. The Balaban J connectivity index is 1.81. The predicted octanol–water partition coefficient (Wildman–Crippen LogP) is 3.51. The van der Waals surface area contributed by atoms with Gasteiger partial charge in [-0.15, -0.1) is 0 Å². The molecule has 0 spiro atoms. The van der Waals surface area contributed by atoms with Crippen molar-refractivity contribution in [2.24, 2.45) is 23.7 Å². The second-order valence-electron chi connectivity index (χ2n) is 6.85. The topological polar surface area (TPSA) is 80.5 Å². The van der Waals surface area contributed by atoms with Gasteiger partial charge in [-0.1, -0.05) is 34.9 Å². The molecule has 4 atom stereocenters. The molecule has 4 rings (SSSR count). The molecular formula is C18H15ClN2O4. The van der Waals surface area contributed by atoms with E-state index in [-0.39, 0.29) is 40.0 Å². The van der Waals surface area contributed by atoms with Crippen molar-refractivity contribution in [3.05, 3.63) is 56.6 Å². The molecule has 1 aromatic rings. The zero-order valence-corrected chi connectivity index (χ0v) is 14.4. The van der Waals surface area contributed by atoms with Crippen LogP contribution in [0.3, 0.4) is 0 Å². The molecule has 25 heavy (non-hydrogen) atoms. The minimum atomic E-state index is -0.621. The van der Waals surface area contributed by atoms with Crippen molar-refractivity contribution in [3.8, 4) is 0 Å². The van der Waals surface area contributed by atoms with E-state index < -0.39 is 16.8 Å². The average Bonchev–Trinajstić information content (AvgIpc) is 3.18. The molecule has 6 nitrogen and oxygen atoms in total. The van der Waals surface area contributed by atoms with Crippen LogP contribution in [0, 0.1) is 33.8 Å². The van der Waals surface area contributed by atoms with Crippen LogP contribution in [0.25, 0.3) is 0 Å². The largest absolute Gasteiger partial charge is 0.294 e. The van der Waals surface area contributed by atoms with Gasteiger partial charge in [0, 0.05) is 22.9 Å². The minimum absolute atomic E-state index is 0.00282. The highest BCUT2D eigenvalue weighted by molar-refractivity contribution is 6.31. The summed E-state index contributed by atoms with van der Waals surface area (Å²) in [6, 6.07) is 3.99. The zero-order chi connectivity index (χ0) is 18.0. The Morgan fingerprint density at radius 1 is 1.12 bits per heavy atom. The van der Waals surface area contributed by atoms with Gasteiger partial charge >= 0.3 is 0 Å². The molecule has 1 aromatic carbocycles. The minimum Gasteiger partial charge on any atom is -0.274 e. The van der Waals surface area contributed by atoms with Gasteiger partial charge in [0.25, 0.3) is 5.69 Å². The van der Waals surface area contributed by atoms with Gasteiger partial charge in [-0.05, 0) is 26.0 Å². The van der Waals surface area contributed by atoms with Crippen LogP contribution in [0.15, 0.2) is 41.5 Å². The van der Waals surface area contributed by atoms with E-state index in [9.17, 15) is 19.7 Å². The first kappa shape index (κ1) is 16.0. The number of anilines is 1. The smallest absolute Gasteiger partial charge is 0.274 e. The number of halogens is 1. The fourth-order valence-corrected chi connectivity index (χ4v) is 4.67. The number of benzene rings is 1. The first-order valence-corrected chi connectivity index (χ1v) is 8.38. The van der Waals surface area contributed by atoms with Gasteiger partial charge in [0.05, 0.1) is 16.8 Å². The number of hydrogen-bond acceptors (Lipinski definition) is 4. The van der Waals surface area contributed by atoms with E-state index in [0.717, 1.165) is 16.0 Å². The Morgan fingerprint density at radius 3 is 2.16 bits per heavy atom. The molecule has 1 heterocycles. The molecule has 1 aliphatic heterocycles. The second-order valence-corrected chi connectivity index (χ2v) is 7.28. The Morgan fingerprint density at radius 2 is 1.68 bits per heavy atom. The molecule has 2 aliphatic carbocycles. The van der Waals surface area contributed by atoms with E-state index >= 15 is 0 Å². The van der Waals surface area contributed by atoms with Crippen LogP contribution >= 0.6 is 11.6 Å². The van der Waals surface area contributed by atoms with Crippen LogP contribution in [0.4, 0.5) is 11.4 Å². The van der Waals surface area contributed by atoms with Crippen LogP contribution in [0.1, 0.15) is 13.8 Å². The second kappa shape index (κ2) is 5.26. The molecule has 128 valence electrons. The van der Waals surface area contributed by atoms with Crippen molar-refractivity contribution >= 4 is 34.8 Å². The number of nitro groups is 1. The van der Waals surface area contributed by atoms with Crippen molar-refractivity contribution in [3.63, 3.8) is 0 Å². The number of allylic oxidation sites excluding steroid dienone is 4. The highest BCUT2D eigenvalue weighted by Crippen LogP contribution is 2.57. The maximum atomic E-state index is 13.0. The zero-order valence-electron chi connectivity index (χ0n) is 13.6. The van der Waals surface area contributed by atoms with Gasteiger partial charge in [-0.3, -0.25) is 19.7 Å². The van der Waals surface area contributed by atoms with Gasteiger partial charge in [-0.2, -0.15) is 0 Å². The lowest BCUT2D eigenvalue weighted by Crippen LogP contribution is -2.33. The molecule has 3 aliphatic rings. The molecule has 0 N–H and O–H groups in total. The summed E-state index contributed by atoms with van der Waals surface area (Å²) in [6.45, 7) is 3.97. The van der Waals surface area contributed by atoms with Crippen LogP contribution in [0.5, 0.6) is 0 Å². The molecule has 0 unspecified atom stereocenters. The Hall–Kier alpha value is -2.47. The first-order valence-electron chi connectivity index (χ1n) is 8.00. The maximum Gasteiger partial charge on any atom is 0.294 e. The van der Waals surface area contributed by atoms with E-state index in [4.69, 9.17) is 11.6 Å². The highest BCUT2D eigenvalue weighted by atomic mass is 35.5. The first-order chi connectivity index (χ1) is 11.8. The molecule has 7 heteroatoms. The molecule has 2 amide bonds. The number of fused-ring (bicyclic) bond motifs is 5. The van der Waals surface area contributed by atoms with Crippen molar-refractivity contribution < 1.29 is 14.5 Å². The van der Waals surface area contributed by atoms with Gasteiger partial charge in [0.2, 0.25) is 11.8 Å². The quantitative estimate of drug-likeness (QED) is 0.350. The van der Waals surface area contributed by atoms with E-state index in [1.165, 1.54) is 18.2 Å². The van der Waals surface area contributed by atoms with Gasteiger partial charge in [0.15, 0.2) is 0 Å². The van der Waals surface area contributed by atoms with Crippen LogP contribution in [-0.4, -0.2) is 16.7 Å². The Bertz CT molecular complexity index is 866. The van der Waals surface area contributed by atoms with Crippen LogP contribution < -0.4 is 4.90 Å². The number of amides is 2. The fourth-order valence-electron chi connectivity index (χ4n) is 4.50. The maximum absolute atomic E-state index is 13.0. The Labute approximate surface area is 148 Å². The third-order valence-electron chi connectivity index (χ3n) is 5.37. The number of carbonyl (C=O) groups is 2. The number of nitro benzene ring substituents is 1. The summed E-state index contributed by atoms with van der Waals surface area (Å²) in [7, 11) is 0. The lowest BCUT2D eigenvalue weighted by molar-refractivity contribution is -0.384. The average molecular weight is 359 g/mol. The molecule has 2 bridgehead atoms. The lowest BCUT2D eigenvalue weighted by Gasteiger charge is -2.19. The standard InChI is InChI=1S/C18H15ClN2O4/c1-8(2)14-10-4-5-11(14)16-15(10)17(22)20(18(16)23)12-6-3-9(19)7-13(12)21(24)25/h3-7,10-11,15-16H,1-2H3/t10-,11-,15+,16+/m1/s1. The third-order valence-corrected chi connectivity index (χ3v) is 5.60. The highest BCUT2D eigenvalue weighted by Gasteiger charge is 2.62. The number of rotatable bonds is 2. The Kier molecular flexibility index (Phi) is 3.37. The molecule has 2 fully saturated rings. The van der Waals surface area contributed by atoms with Gasteiger partial charge < -0.3 is 0 Å². The van der Waals surface area contributed by atoms with Crippen molar-refractivity contribution in [2.45, 2.75) is 13.8 Å². The van der Waals surface area contributed by atoms with Crippen molar-refractivity contribution in [1.29, 1.82) is 0 Å². The summed E-state index contributed by atoms with van der Waals surface area (Å²) in [5.74, 6) is -1.85. The predicted molar refractivity (Wildman–Crippen MR) is 92.1 cm³/mol. The van der Waals surface area contributed by atoms with Gasteiger partial charge in [-0.25, -0.2) is 4.90 Å². The normalized spacial score (nSPS) is 29.6. The summed E-state index contributed by atoms with van der Waals surface area (Å²) in [5.41, 5.74) is 1.93. The van der Waals surface area contributed by atoms with E-state index in [1.807, 2.05) is 26.0 Å². The van der Waals surface area contributed by atoms with E-state index in [0.29, 0.717) is 0 Å². The van der Waals surface area contributed by atoms with Gasteiger partial charge in [0.1, 0.15) is 5.69 Å². The summed E-state index contributed by atoms with van der Waals surface area (Å²) < 4.78 is 0. The molecule has 1 saturated heterocycles. The van der Waals surface area contributed by atoms with Crippen molar-refractivity contribution in [2.75, 3.05) is 4.90 Å². The van der Waals surface area contributed by atoms with Crippen LogP contribution in [-0.2, 0) is 9.59 Å². The summed E-state index contributed by atoms with van der Waals surface area (Å²) in [5, 5.41) is 11.5. The van der Waals surface area contributed by atoms with Crippen LogP contribution in [0.2, 0.25) is 5.02 Å². The van der Waals surface area contributed by atoms with E-state index in [1.54, 1.807) is 0 Å². The number of imide groups is 1. The summed E-state index contributed by atoms with van der Waals surface area (Å²) >= 11 is 5.84. The monoisotopic (exact) mass is 358 g/mol. The number of hydrogen-bond donors (Lipinski definition) is 0. The molecular weight excluding hydrogens is 344 g/mol. The number of carbonyl (C=O) groups excluding carboxylic acids is 2. The lowest BCUT2D eigenvalue weighted by atomic mass is 9.85. The summed E-state index contributed by atoms with van der Waals surface area (Å²) in [6.07, 6.45) is 3.97. The third kappa shape index (κ3) is 2.03. The molecule has 0 aromatic heterocycles. The fraction of sp³-hybridized carbons (Fsp3) is 0.333. The SMILES string of the molecule is CC(C)=C1[C@H]2C=C[C@H]1[C@@H]1C(=O)N(c3ccc(Cl)cc3[N+](=O)[O-])C(=O)[C@H]12. The van der Waals surface area contributed by atoms with E-state index in [2.05, 4.69) is 0 Å². The molecule has 1 saturated carbocycles. The number of nitrogens with zero attached hydrogens (tertiary/aromatic N) is 2.